The average Bonchev–Trinajstić information content (AvgIpc) is 2.96. The predicted octanol–water partition coefficient (Wildman–Crippen LogP) is 4.10. The van der Waals surface area contributed by atoms with Gasteiger partial charge in [-0.15, -0.1) is 10.2 Å². The van der Waals surface area contributed by atoms with E-state index in [-0.39, 0.29) is 5.91 Å². The Labute approximate surface area is 148 Å². The molecule has 24 heavy (non-hydrogen) atoms. The number of thioether (sulfide) groups is 1. The molecule has 0 saturated heterocycles. The molecule has 130 valence electrons. The zero-order chi connectivity index (χ0) is 17.5. The van der Waals surface area contributed by atoms with Crippen LogP contribution in [-0.2, 0) is 17.8 Å². The van der Waals surface area contributed by atoms with Crippen molar-refractivity contribution in [3.63, 3.8) is 0 Å². The fourth-order valence-corrected chi connectivity index (χ4v) is 3.20. The molecule has 1 heterocycles. The van der Waals surface area contributed by atoms with Crippen molar-refractivity contribution >= 4 is 23.4 Å². The van der Waals surface area contributed by atoms with Crippen LogP contribution in [0.4, 0.5) is 5.69 Å². The Morgan fingerprint density at radius 1 is 1.21 bits per heavy atom. The second-order valence-corrected chi connectivity index (χ2v) is 6.96. The first-order chi connectivity index (χ1) is 11.5. The highest BCUT2D eigenvalue weighted by molar-refractivity contribution is 7.99. The van der Waals surface area contributed by atoms with Gasteiger partial charge >= 0.3 is 0 Å². The molecule has 6 heteroatoms. The molecule has 0 spiro atoms. The molecular weight excluding hydrogens is 320 g/mol. The SMILES string of the molecule is CCCn1c(CC)nnc1SCC(=O)Nc1ccc(C(C)C)cc1. The lowest BCUT2D eigenvalue weighted by molar-refractivity contribution is -0.113. The van der Waals surface area contributed by atoms with Crippen LogP contribution in [0.15, 0.2) is 29.4 Å². The van der Waals surface area contributed by atoms with E-state index < -0.39 is 0 Å². The number of hydrogen-bond donors (Lipinski definition) is 1. The lowest BCUT2D eigenvalue weighted by atomic mass is 10.0. The highest BCUT2D eigenvalue weighted by Crippen LogP contribution is 2.20. The van der Waals surface area contributed by atoms with E-state index in [1.807, 2.05) is 12.1 Å². The summed E-state index contributed by atoms with van der Waals surface area (Å²) in [5, 5.41) is 12.2. The first-order valence-corrected chi connectivity index (χ1v) is 9.48. The Kier molecular flexibility index (Phi) is 6.85. The molecule has 0 unspecified atom stereocenters. The molecule has 0 fully saturated rings. The molecule has 2 rings (SSSR count). The predicted molar refractivity (Wildman–Crippen MR) is 99.6 cm³/mol. The number of rotatable bonds is 8. The number of carbonyl (C=O) groups excluding carboxylic acids is 1. The van der Waals surface area contributed by atoms with E-state index in [1.165, 1.54) is 17.3 Å². The second kappa shape index (κ2) is 8.87. The van der Waals surface area contributed by atoms with Crippen molar-refractivity contribution < 1.29 is 4.79 Å². The van der Waals surface area contributed by atoms with Gasteiger partial charge in [-0.2, -0.15) is 0 Å². The summed E-state index contributed by atoms with van der Waals surface area (Å²) in [6.07, 6.45) is 1.87. The molecule has 1 aromatic heterocycles. The molecule has 1 N–H and O–H groups in total. The van der Waals surface area contributed by atoms with E-state index in [4.69, 9.17) is 0 Å². The van der Waals surface area contributed by atoms with Gasteiger partial charge in [-0.05, 0) is 30.0 Å². The summed E-state index contributed by atoms with van der Waals surface area (Å²) >= 11 is 1.44. The standard InChI is InChI=1S/C18H26N4OS/c1-5-11-22-16(6-2)20-21-18(22)24-12-17(23)19-15-9-7-14(8-10-15)13(3)4/h7-10,13H,5-6,11-12H2,1-4H3,(H,19,23). The van der Waals surface area contributed by atoms with Gasteiger partial charge in [0.25, 0.3) is 0 Å². The summed E-state index contributed by atoms with van der Waals surface area (Å²) in [5.41, 5.74) is 2.09. The smallest absolute Gasteiger partial charge is 0.234 e. The minimum atomic E-state index is -0.0265. The molecule has 0 aliphatic rings. The summed E-state index contributed by atoms with van der Waals surface area (Å²) in [5.74, 6) is 1.77. The Hall–Kier alpha value is -1.82. The normalized spacial score (nSPS) is 11.0. The van der Waals surface area contributed by atoms with Crippen LogP contribution in [0.3, 0.4) is 0 Å². The van der Waals surface area contributed by atoms with Crippen LogP contribution in [0, 0.1) is 0 Å². The summed E-state index contributed by atoms with van der Waals surface area (Å²) < 4.78 is 2.11. The van der Waals surface area contributed by atoms with Crippen molar-refractivity contribution in [2.45, 2.75) is 58.2 Å². The summed E-state index contributed by atoms with van der Waals surface area (Å²) in [4.78, 5) is 12.2. The quantitative estimate of drug-likeness (QED) is 0.731. The van der Waals surface area contributed by atoms with Gasteiger partial charge in [0.15, 0.2) is 5.16 Å². The van der Waals surface area contributed by atoms with E-state index >= 15 is 0 Å². The molecule has 5 nitrogen and oxygen atoms in total. The van der Waals surface area contributed by atoms with Gasteiger partial charge in [-0.3, -0.25) is 4.79 Å². The third kappa shape index (κ3) is 4.84. The van der Waals surface area contributed by atoms with Crippen molar-refractivity contribution in [1.82, 2.24) is 14.8 Å². The Bertz CT molecular complexity index is 664. The molecule has 2 aromatic rings. The average molecular weight is 347 g/mol. The van der Waals surface area contributed by atoms with Gasteiger partial charge < -0.3 is 9.88 Å². The van der Waals surface area contributed by atoms with Crippen LogP contribution in [0.1, 0.15) is 51.4 Å². The first kappa shape index (κ1) is 18.5. The van der Waals surface area contributed by atoms with Crippen molar-refractivity contribution in [1.29, 1.82) is 0 Å². The van der Waals surface area contributed by atoms with E-state index in [9.17, 15) is 4.79 Å². The van der Waals surface area contributed by atoms with Crippen molar-refractivity contribution in [3.8, 4) is 0 Å². The number of aryl methyl sites for hydroxylation is 1. The maximum Gasteiger partial charge on any atom is 0.234 e. The van der Waals surface area contributed by atoms with Gasteiger partial charge in [-0.25, -0.2) is 0 Å². The molecule has 0 radical (unpaired) electrons. The van der Waals surface area contributed by atoms with Crippen LogP contribution in [0.25, 0.3) is 0 Å². The van der Waals surface area contributed by atoms with Crippen molar-refractivity contribution in [2.75, 3.05) is 11.1 Å². The minimum Gasteiger partial charge on any atom is -0.325 e. The first-order valence-electron chi connectivity index (χ1n) is 8.49. The van der Waals surface area contributed by atoms with Crippen LogP contribution in [0.2, 0.25) is 0 Å². The van der Waals surface area contributed by atoms with E-state index in [0.29, 0.717) is 11.7 Å². The van der Waals surface area contributed by atoms with Crippen LogP contribution in [0.5, 0.6) is 0 Å². The molecule has 0 bridgehead atoms. The van der Waals surface area contributed by atoms with Gasteiger partial charge in [0.05, 0.1) is 5.75 Å². The monoisotopic (exact) mass is 346 g/mol. The molecule has 0 aliphatic carbocycles. The van der Waals surface area contributed by atoms with Gasteiger partial charge in [0, 0.05) is 18.7 Å². The topological polar surface area (TPSA) is 59.8 Å². The van der Waals surface area contributed by atoms with E-state index in [2.05, 4.69) is 59.9 Å². The highest BCUT2D eigenvalue weighted by atomic mass is 32.2. The maximum atomic E-state index is 12.2. The molecule has 0 saturated carbocycles. The number of hydrogen-bond acceptors (Lipinski definition) is 4. The molecule has 0 aliphatic heterocycles. The van der Waals surface area contributed by atoms with E-state index in [1.54, 1.807) is 0 Å². The largest absolute Gasteiger partial charge is 0.325 e. The van der Waals surface area contributed by atoms with Crippen molar-refractivity contribution in [3.05, 3.63) is 35.7 Å². The maximum absolute atomic E-state index is 12.2. The Balaban J connectivity index is 1.92. The zero-order valence-electron chi connectivity index (χ0n) is 14.9. The highest BCUT2D eigenvalue weighted by Gasteiger charge is 2.12. The molecule has 1 amide bonds. The van der Waals surface area contributed by atoms with Gasteiger partial charge in [0.2, 0.25) is 5.91 Å². The van der Waals surface area contributed by atoms with Crippen LogP contribution >= 0.6 is 11.8 Å². The number of aromatic nitrogens is 3. The zero-order valence-corrected chi connectivity index (χ0v) is 15.7. The summed E-state index contributed by atoms with van der Waals surface area (Å²) in [6.45, 7) is 9.39. The number of amides is 1. The Morgan fingerprint density at radius 2 is 1.92 bits per heavy atom. The molecule has 1 aromatic carbocycles. The fraction of sp³-hybridized carbons (Fsp3) is 0.500. The third-order valence-corrected chi connectivity index (χ3v) is 4.72. The number of carbonyl (C=O) groups is 1. The van der Waals surface area contributed by atoms with Crippen molar-refractivity contribution in [2.24, 2.45) is 0 Å². The van der Waals surface area contributed by atoms with E-state index in [0.717, 1.165) is 36.1 Å². The fourth-order valence-electron chi connectivity index (χ4n) is 2.41. The van der Waals surface area contributed by atoms with Gasteiger partial charge in [-0.1, -0.05) is 51.6 Å². The van der Waals surface area contributed by atoms with Crippen LogP contribution < -0.4 is 5.32 Å². The lowest BCUT2D eigenvalue weighted by Gasteiger charge is -2.09. The summed E-state index contributed by atoms with van der Waals surface area (Å²) in [6, 6.07) is 8.01. The summed E-state index contributed by atoms with van der Waals surface area (Å²) in [7, 11) is 0. The molecular formula is C18H26N4OS. The third-order valence-electron chi connectivity index (χ3n) is 3.75. The van der Waals surface area contributed by atoms with Crippen LogP contribution in [-0.4, -0.2) is 26.4 Å². The number of nitrogens with one attached hydrogen (secondary N) is 1. The second-order valence-electron chi connectivity index (χ2n) is 6.02. The molecule has 0 atom stereocenters. The minimum absolute atomic E-state index is 0.0265. The van der Waals surface area contributed by atoms with Gasteiger partial charge in [0.1, 0.15) is 5.82 Å². The number of anilines is 1. The lowest BCUT2D eigenvalue weighted by Crippen LogP contribution is -2.15. The number of nitrogens with zero attached hydrogens (tertiary/aromatic N) is 3. The Morgan fingerprint density at radius 3 is 2.50 bits per heavy atom. The number of benzene rings is 1.